The minimum Gasteiger partial charge on any atom is -0.383 e. The minimum atomic E-state index is -0.496. The lowest BCUT2D eigenvalue weighted by molar-refractivity contribution is 0.102. The van der Waals surface area contributed by atoms with Gasteiger partial charge in [0.1, 0.15) is 0 Å². The fraction of sp³-hybridized carbons (Fsp3) is 0.250. The molecule has 4 aromatic rings. The maximum atomic E-state index is 14.3. The van der Waals surface area contributed by atoms with Crippen molar-refractivity contribution < 1.29 is 9.18 Å². The van der Waals surface area contributed by atoms with Crippen LogP contribution >= 0.6 is 11.3 Å². The first-order valence-corrected chi connectivity index (χ1v) is 10.1. The Morgan fingerprint density at radius 1 is 1.31 bits per heavy atom. The molecule has 1 amide bonds. The number of hydrogen-bond acceptors (Lipinski definition) is 6. The van der Waals surface area contributed by atoms with Crippen molar-refractivity contribution in [1.82, 2.24) is 14.4 Å². The van der Waals surface area contributed by atoms with Crippen LogP contribution in [-0.2, 0) is 6.42 Å². The molecule has 0 saturated carbocycles. The Hall–Kier alpha value is -3.04. The van der Waals surface area contributed by atoms with Gasteiger partial charge in [0.2, 0.25) is 0 Å². The molecule has 3 aromatic heterocycles. The standard InChI is InChI=1S/C20H21FN6OS/c1-3-16-26-17-13(4-5-15(18(17)29-16)23-7-6-22)20(28)25-12-8-14(21)19-24-11(2)9-27(19)10-12/h4-5,8-10,23H,3,6-7,22H2,1-2H3,(H,25,28). The van der Waals surface area contributed by atoms with Gasteiger partial charge in [-0.3, -0.25) is 4.79 Å². The summed E-state index contributed by atoms with van der Waals surface area (Å²) in [6, 6.07) is 4.85. The topological polar surface area (TPSA) is 97.3 Å². The van der Waals surface area contributed by atoms with Crippen molar-refractivity contribution >= 4 is 44.5 Å². The van der Waals surface area contributed by atoms with E-state index in [9.17, 15) is 9.18 Å². The van der Waals surface area contributed by atoms with Crippen molar-refractivity contribution in [3.8, 4) is 0 Å². The molecule has 0 spiro atoms. The van der Waals surface area contributed by atoms with E-state index in [4.69, 9.17) is 5.73 Å². The van der Waals surface area contributed by atoms with Crippen LogP contribution in [0.25, 0.3) is 15.9 Å². The summed E-state index contributed by atoms with van der Waals surface area (Å²) in [6.45, 7) is 4.94. The van der Waals surface area contributed by atoms with E-state index in [2.05, 4.69) is 20.6 Å². The third-order valence-electron chi connectivity index (χ3n) is 4.48. The summed E-state index contributed by atoms with van der Waals surface area (Å²) in [7, 11) is 0. The van der Waals surface area contributed by atoms with Crippen LogP contribution in [0, 0.1) is 12.7 Å². The van der Waals surface area contributed by atoms with Gasteiger partial charge in [-0.25, -0.2) is 14.4 Å². The number of anilines is 2. The van der Waals surface area contributed by atoms with Crippen LogP contribution in [0.1, 0.15) is 28.0 Å². The zero-order valence-corrected chi connectivity index (χ0v) is 16.9. The van der Waals surface area contributed by atoms with Crippen LogP contribution in [0.15, 0.2) is 30.6 Å². The number of benzene rings is 1. The number of rotatable bonds is 6. The van der Waals surface area contributed by atoms with Crippen LogP contribution in [0.2, 0.25) is 0 Å². The minimum absolute atomic E-state index is 0.227. The van der Waals surface area contributed by atoms with Crippen molar-refractivity contribution in [2.75, 3.05) is 23.7 Å². The molecule has 4 rings (SSSR count). The van der Waals surface area contributed by atoms with Gasteiger partial charge in [0.25, 0.3) is 5.91 Å². The lowest BCUT2D eigenvalue weighted by Crippen LogP contribution is -2.15. The number of pyridine rings is 1. The van der Waals surface area contributed by atoms with E-state index < -0.39 is 5.82 Å². The van der Waals surface area contributed by atoms with E-state index >= 15 is 0 Å². The Kier molecular flexibility index (Phi) is 5.16. The number of nitrogens with two attached hydrogens (primary N) is 1. The molecule has 150 valence electrons. The maximum absolute atomic E-state index is 14.3. The van der Waals surface area contributed by atoms with Crippen LogP contribution in [0.5, 0.6) is 0 Å². The number of nitrogens with zero attached hydrogens (tertiary/aromatic N) is 3. The first kappa shape index (κ1) is 19.3. The normalized spacial score (nSPS) is 11.3. The zero-order chi connectivity index (χ0) is 20.5. The Morgan fingerprint density at radius 2 is 2.14 bits per heavy atom. The quantitative estimate of drug-likeness (QED) is 0.450. The second-order valence-corrected chi connectivity index (χ2v) is 7.74. The molecule has 9 heteroatoms. The van der Waals surface area contributed by atoms with Gasteiger partial charge in [0.15, 0.2) is 11.5 Å². The van der Waals surface area contributed by atoms with Crippen molar-refractivity contribution in [1.29, 1.82) is 0 Å². The van der Waals surface area contributed by atoms with Crippen LogP contribution in [-0.4, -0.2) is 33.4 Å². The molecule has 4 N–H and O–H groups in total. The predicted molar refractivity (Wildman–Crippen MR) is 114 cm³/mol. The largest absolute Gasteiger partial charge is 0.383 e. The molecule has 0 aliphatic heterocycles. The smallest absolute Gasteiger partial charge is 0.257 e. The third kappa shape index (κ3) is 3.66. The fourth-order valence-electron chi connectivity index (χ4n) is 3.18. The van der Waals surface area contributed by atoms with Gasteiger partial charge in [-0.05, 0) is 25.5 Å². The van der Waals surface area contributed by atoms with E-state index in [1.165, 1.54) is 6.07 Å². The molecule has 1 aromatic carbocycles. The van der Waals surface area contributed by atoms with Gasteiger partial charge >= 0.3 is 0 Å². The van der Waals surface area contributed by atoms with Gasteiger partial charge in [0, 0.05) is 31.5 Å². The molecular formula is C20H21FN6OS. The summed E-state index contributed by atoms with van der Waals surface area (Å²) >= 11 is 1.55. The molecule has 0 aliphatic rings. The molecule has 0 aliphatic carbocycles. The number of aryl methyl sites for hydroxylation is 2. The van der Waals surface area contributed by atoms with Crippen molar-refractivity contribution in [3.63, 3.8) is 0 Å². The Bertz CT molecular complexity index is 1210. The summed E-state index contributed by atoms with van der Waals surface area (Å²) < 4.78 is 16.8. The van der Waals surface area contributed by atoms with Crippen LogP contribution < -0.4 is 16.4 Å². The molecular weight excluding hydrogens is 391 g/mol. The van der Waals surface area contributed by atoms with Gasteiger partial charge in [0.05, 0.1) is 37.9 Å². The number of nitrogens with one attached hydrogen (secondary N) is 2. The summed E-state index contributed by atoms with van der Waals surface area (Å²) in [4.78, 5) is 21.7. The number of hydrogen-bond donors (Lipinski definition) is 3. The average molecular weight is 412 g/mol. The third-order valence-corrected chi connectivity index (χ3v) is 5.71. The summed E-state index contributed by atoms with van der Waals surface area (Å²) in [5.74, 6) is -0.840. The zero-order valence-electron chi connectivity index (χ0n) is 16.1. The first-order valence-electron chi connectivity index (χ1n) is 9.32. The van der Waals surface area contributed by atoms with Crippen LogP contribution in [0.4, 0.5) is 15.8 Å². The number of imidazole rings is 1. The van der Waals surface area contributed by atoms with Gasteiger partial charge in [-0.15, -0.1) is 11.3 Å². The fourth-order valence-corrected chi connectivity index (χ4v) is 4.20. The van der Waals surface area contributed by atoms with E-state index in [0.29, 0.717) is 35.6 Å². The number of carbonyl (C=O) groups excluding carboxylic acids is 1. The van der Waals surface area contributed by atoms with E-state index in [1.54, 1.807) is 41.1 Å². The number of thiazole rings is 1. The van der Waals surface area contributed by atoms with Gasteiger partial charge in [-0.1, -0.05) is 6.92 Å². The summed E-state index contributed by atoms with van der Waals surface area (Å²) in [5.41, 5.74) is 8.84. The number of amides is 1. The monoisotopic (exact) mass is 412 g/mol. The highest BCUT2D eigenvalue weighted by Crippen LogP contribution is 2.32. The van der Waals surface area contributed by atoms with Crippen molar-refractivity contribution in [2.24, 2.45) is 5.73 Å². The molecule has 0 bridgehead atoms. The second-order valence-electron chi connectivity index (χ2n) is 6.66. The molecule has 0 saturated heterocycles. The molecule has 7 nitrogen and oxygen atoms in total. The van der Waals surface area contributed by atoms with Gasteiger partial charge < -0.3 is 20.8 Å². The summed E-state index contributed by atoms with van der Waals surface area (Å²) in [6.07, 6.45) is 4.12. The highest BCUT2D eigenvalue weighted by molar-refractivity contribution is 7.19. The number of aromatic nitrogens is 3. The molecule has 3 heterocycles. The molecule has 0 unspecified atom stereocenters. The van der Waals surface area contributed by atoms with E-state index in [-0.39, 0.29) is 11.6 Å². The van der Waals surface area contributed by atoms with Crippen molar-refractivity contribution in [3.05, 3.63) is 52.7 Å². The SMILES string of the molecule is CCc1nc2c(C(=O)Nc3cc(F)c4nc(C)cn4c3)ccc(NCCN)c2s1. The first-order chi connectivity index (χ1) is 14.0. The number of fused-ring (bicyclic) bond motifs is 2. The number of carbonyl (C=O) groups is 1. The lowest BCUT2D eigenvalue weighted by atomic mass is 10.1. The Morgan fingerprint density at radius 3 is 2.90 bits per heavy atom. The lowest BCUT2D eigenvalue weighted by Gasteiger charge is -2.10. The molecule has 0 fully saturated rings. The van der Waals surface area contributed by atoms with Crippen molar-refractivity contribution in [2.45, 2.75) is 20.3 Å². The average Bonchev–Trinajstić information content (AvgIpc) is 3.29. The van der Waals surface area contributed by atoms with E-state index in [1.807, 2.05) is 13.0 Å². The van der Waals surface area contributed by atoms with Crippen LogP contribution in [0.3, 0.4) is 0 Å². The highest BCUT2D eigenvalue weighted by atomic mass is 32.1. The Labute approximate surface area is 170 Å². The predicted octanol–water partition coefficient (Wildman–Crippen LogP) is 3.58. The highest BCUT2D eigenvalue weighted by Gasteiger charge is 2.18. The van der Waals surface area contributed by atoms with Gasteiger partial charge in [-0.2, -0.15) is 0 Å². The Balaban J connectivity index is 1.70. The molecule has 0 atom stereocenters. The van der Waals surface area contributed by atoms with E-state index in [0.717, 1.165) is 21.8 Å². The maximum Gasteiger partial charge on any atom is 0.257 e. The number of halogens is 1. The molecule has 0 radical (unpaired) electrons. The summed E-state index contributed by atoms with van der Waals surface area (Å²) in [5, 5.41) is 7.00. The molecule has 29 heavy (non-hydrogen) atoms. The second kappa shape index (κ2) is 7.76.